The Labute approximate surface area is 108 Å². The van der Waals surface area contributed by atoms with Crippen LogP contribution >= 0.6 is 0 Å². The minimum Gasteiger partial charge on any atom is -0.0683 e. The van der Waals surface area contributed by atoms with E-state index in [0.717, 1.165) is 0 Å². The fraction of sp³-hybridized carbons (Fsp3) is 1.00. The largest absolute Gasteiger partial charge is 0.0683 e. The molecule has 0 aromatic heterocycles. The smallest absolute Gasteiger partial charge is 0.0538 e. The van der Waals surface area contributed by atoms with Crippen molar-refractivity contribution < 1.29 is 0 Å². The zero-order chi connectivity index (χ0) is 14.2. The number of hydrogen-bond donors (Lipinski definition) is 0. The van der Waals surface area contributed by atoms with Gasteiger partial charge in [-0.2, -0.15) is 0 Å². The van der Waals surface area contributed by atoms with E-state index in [2.05, 4.69) is 41.5 Å². The molecule has 0 saturated carbocycles. The Hall–Kier alpha value is 0. The first-order chi connectivity index (χ1) is 7.74. The molecule has 0 saturated heterocycles. The third kappa shape index (κ3) is 263. The molecule has 0 aliphatic carbocycles. The zero-order valence-electron chi connectivity index (χ0n) is 14.2. The van der Waals surface area contributed by atoms with Crippen molar-refractivity contribution in [1.29, 1.82) is 0 Å². The quantitative estimate of drug-likeness (QED) is 0.475. The Bertz CT molecular complexity index is 27.0. The van der Waals surface area contributed by atoms with Gasteiger partial charge in [-0.05, 0) is 0 Å². The molecule has 0 N–H and O–H groups in total. The number of rotatable bonds is 3. The van der Waals surface area contributed by atoms with Crippen molar-refractivity contribution in [3.05, 3.63) is 0 Å². The summed E-state index contributed by atoms with van der Waals surface area (Å²) in [5.41, 5.74) is 0. The highest BCUT2D eigenvalue weighted by Crippen LogP contribution is 1.88. The molecule has 0 heteroatoms. The first-order valence-corrected chi connectivity index (χ1v) is 7.74. The molecule has 0 fully saturated rings. The van der Waals surface area contributed by atoms with E-state index in [4.69, 9.17) is 0 Å². The average Bonchev–Trinajstić information content (AvgIpc) is 2.36. The monoisotopic (exact) mass is 234 g/mol. The molecular formula is C16H42. The average molecular weight is 235 g/mol. The molecule has 0 nitrogen and oxygen atoms in total. The Kier molecular flexibility index (Phi) is 152. The Morgan fingerprint density at radius 3 is 0.625 bits per heavy atom. The lowest BCUT2D eigenvalue weighted by molar-refractivity contribution is 0.772. The molecule has 0 atom stereocenters. The summed E-state index contributed by atoms with van der Waals surface area (Å²) in [6, 6.07) is 0. The first-order valence-electron chi connectivity index (χ1n) is 7.74. The molecule has 0 amide bonds. The number of unbranched alkanes of at least 4 members (excludes halogenated alkanes) is 3. The lowest BCUT2D eigenvalue weighted by atomic mass is 10.3. The molecule has 0 aliphatic heterocycles. The number of hydrogen-bond acceptors (Lipinski definition) is 0. The molecule has 16 heavy (non-hydrogen) atoms. The predicted molar refractivity (Wildman–Crippen MR) is 84.4 cm³/mol. The van der Waals surface area contributed by atoms with Crippen molar-refractivity contribution in [2.45, 2.75) is 108 Å². The van der Waals surface area contributed by atoms with Gasteiger partial charge in [-0.3, -0.25) is 0 Å². The summed E-state index contributed by atoms with van der Waals surface area (Å²) in [6.45, 7) is 21.0. The maximum Gasteiger partial charge on any atom is -0.0538 e. The molecular weight excluding hydrogens is 192 g/mol. The molecule has 0 rings (SSSR count). The molecule has 0 radical (unpaired) electrons. The van der Waals surface area contributed by atoms with E-state index in [1.807, 2.05) is 27.7 Å². The van der Waals surface area contributed by atoms with Crippen LogP contribution in [-0.2, 0) is 0 Å². The molecule has 0 heterocycles. The van der Waals surface area contributed by atoms with E-state index in [0.29, 0.717) is 0 Å². The summed E-state index contributed by atoms with van der Waals surface area (Å²) < 4.78 is 0. The van der Waals surface area contributed by atoms with Crippen LogP contribution in [0.3, 0.4) is 0 Å². The van der Waals surface area contributed by atoms with Crippen molar-refractivity contribution in [3.8, 4) is 0 Å². The van der Waals surface area contributed by atoms with Crippen molar-refractivity contribution >= 4 is 0 Å². The van der Waals surface area contributed by atoms with Crippen molar-refractivity contribution in [2.24, 2.45) is 0 Å². The standard InChI is InChI=1S/C5H12.C4H10.C3H8.2C2H6/c1-3-5-4-2;1-3-4-2;1-3-2;2*1-2/h3-5H2,1-2H3;3-4H2,1-2H3;3H2,1-2H3;2*1-2H3. The van der Waals surface area contributed by atoms with Crippen LogP contribution in [0.2, 0.25) is 0 Å². The highest BCUT2D eigenvalue weighted by molar-refractivity contribution is 4.24. The molecule has 0 aliphatic rings. The summed E-state index contributed by atoms with van der Waals surface area (Å²) in [5.74, 6) is 0. The second-order valence-corrected chi connectivity index (χ2v) is 3.06. The fourth-order valence-electron chi connectivity index (χ4n) is 0.354. The van der Waals surface area contributed by atoms with Gasteiger partial charge in [0.25, 0.3) is 0 Å². The van der Waals surface area contributed by atoms with Gasteiger partial charge in [0, 0.05) is 0 Å². The van der Waals surface area contributed by atoms with Crippen LogP contribution in [0, 0.1) is 0 Å². The van der Waals surface area contributed by atoms with Crippen LogP contribution in [0.15, 0.2) is 0 Å². The van der Waals surface area contributed by atoms with Gasteiger partial charge in [0.15, 0.2) is 0 Å². The first kappa shape index (κ1) is 29.8. The van der Waals surface area contributed by atoms with Gasteiger partial charge in [-0.1, -0.05) is 108 Å². The SMILES string of the molecule is CC.CC.CCC.CCCC.CCCCC. The second kappa shape index (κ2) is 81.7. The summed E-state index contributed by atoms with van der Waals surface area (Å²) in [7, 11) is 0. The summed E-state index contributed by atoms with van der Waals surface area (Å²) in [4.78, 5) is 0. The van der Waals surface area contributed by atoms with E-state index >= 15 is 0 Å². The second-order valence-electron chi connectivity index (χ2n) is 3.06. The van der Waals surface area contributed by atoms with Crippen molar-refractivity contribution in [1.82, 2.24) is 0 Å². The topological polar surface area (TPSA) is 0 Å². The minimum absolute atomic E-state index is 1.25. The van der Waals surface area contributed by atoms with Gasteiger partial charge >= 0.3 is 0 Å². The maximum atomic E-state index is 2.21. The Morgan fingerprint density at radius 1 is 0.438 bits per heavy atom. The minimum atomic E-state index is 1.25. The highest BCUT2D eigenvalue weighted by Gasteiger charge is 1.68. The summed E-state index contributed by atoms with van der Waals surface area (Å²) in [5, 5.41) is 0. The van der Waals surface area contributed by atoms with Crippen LogP contribution < -0.4 is 0 Å². The van der Waals surface area contributed by atoms with E-state index < -0.39 is 0 Å². The zero-order valence-corrected chi connectivity index (χ0v) is 14.2. The Balaban J connectivity index is -0.0000000334. The molecule has 0 aromatic carbocycles. The highest BCUT2D eigenvalue weighted by atomic mass is 13.7. The predicted octanol–water partition coefficient (Wildman–Crippen LogP) is 7.47. The van der Waals surface area contributed by atoms with Gasteiger partial charge in [0.05, 0.1) is 0 Å². The van der Waals surface area contributed by atoms with Gasteiger partial charge in [-0.25, -0.2) is 0 Å². The molecule has 106 valence electrons. The van der Waals surface area contributed by atoms with Crippen LogP contribution in [0.25, 0.3) is 0 Å². The lowest BCUT2D eigenvalue weighted by Crippen LogP contribution is -1.59. The molecule has 0 aromatic rings. The molecule has 0 spiro atoms. The third-order valence-corrected chi connectivity index (χ3v) is 1.21. The van der Waals surface area contributed by atoms with Crippen molar-refractivity contribution in [3.63, 3.8) is 0 Å². The Morgan fingerprint density at radius 2 is 0.625 bits per heavy atom. The third-order valence-electron chi connectivity index (χ3n) is 1.21. The van der Waals surface area contributed by atoms with E-state index in [9.17, 15) is 0 Å². The van der Waals surface area contributed by atoms with Gasteiger partial charge in [-0.15, -0.1) is 0 Å². The van der Waals surface area contributed by atoms with Gasteiger partial charge in [0.2, 0.25) is 0 Å². The lowest BCUT2D eigenvalue weighted by Gasteiger charge is -1.79. The van der Waals surface area contributed by atoms with Gasteiger partial charge < -0.3 is 0 Å². The normalized spacial score (nSPS) is 6.38. The van der Waals surface area contributed by atoms with Crippen LogP contribution in [0.4, 0.5) is 0 Å². The molecule has 0 bridgehead atoms. The summed E-state index contributed by atoms with van der Waals surface area (Å²) in [6.07, 6.45) is 7.97. The molecule has 0 unspecified atom stereocenters. The van der Waals surface area contributed by atoms with Gasteiger partial charge in [0.1, 0.15) is 0 Å². The van der Waals surface area contributed by atoms with Crippen LogP contribution in [0.1, 0.15) is 108 Å². The van der Waals surface area contributed by atoms with Crippen LogP contribution in [0.5, 0.6) is 0 Å². The van der Waals surface area contributed by atoms with E-state index in [1.165, 1.54) is 38.5 Å². The van der Waals surface area contributed by atoms with Crippen molar-refractivity contribution in [2.75, 3.05) is 0 Å². The fourth-order valence-corrected chi connectivity index (χ4v) is 0.354. The summed E-state index contributed by atoms with van der Waals surface area (Å²) >= 11 is 0. The van der Waals surface area contributed by atoms with E-state index in [-0.39, 0.29) is 0 Å². The maximum absolute atomic E-state index is 2.21. The van der Waals surface area contributed by atoms with Crippen LogP contribution in [-0.4, -0.2) is 0 Å². The van der Waals surface area contributed by atoms with E-state index in [1.54, 1.807) is 0 Å².